The molecule has 0 bridgehead atoms. The number of benzene rings is 1. The van der Waals surface area contributed by atoms with E-state index in [-0.39, 0.29) is 6.61 Å². The highest BCUT2D eigenvalue weighted by Gasteiger charge is 2.15. The number of hydrogen-bond donors (Lipinski definition) is 3. The topological polar surface area (TPSA) is 74.9 Å². The summed E-state index contributed by atoms with van der Waals surface area (Å²) in [6.07, 6.45) is 0. The van der Waals surface area contributed by atoms with Crippen molar-refractivity contribution in [3.05, 3.63) is 35.5 Å². The van der Waals surface area contributed by atoms with Gasteiger partial charge in [0.15, 0.2) is 5.95 Å². The molecule has 0 amide bonds. The Hall–Kier alpha value is -1.81. The maximum Gasteiger partial charge on any atom is 0.198 e. The highest BCUT2D eigenvalue weighted by Crippen LogP contribution is 2.30. The van der Waals surface area contributed by atoms with Gasteiger partial charge in [-0.15, -0.1) is 0 Å². The summed E-state index contributed by atoms with van der Waals surface area (Å²) < 4.78 is 0. The number of anilines is 1. The van der Waals surface area contributed by atoms with E-state index in [1.807, 2.05) is 24.3 Å². The first-order valence-corrected chi connectivity index (χ1v) is 5.68. The minimum atomic E-state index is 0.000470. The largest absolute Gasteiger partial charge is 0.392 e. The number of aliphatic hydroxyl groups excluding tert-OH is 1. The fraction of sp³-hybridized carbons (Fsp3) is 0.308. The SMILES string of the molecule is CC(C)c1[nH]c(N)nc1-c1ccccc1CO. The summed E-state index contributed by atoms with van der Waals surface area (Å²) >= 11 is 0. The molecule has 90 valence electrons. The summed E-state index contributed by atoms with van der Waals surface area (Å²) in [6.45, 7) is 4.16. The predicted molar refractivity (Wildman–Crippen MR) is 68.4 cm³/mol. The van der Waals surface area contributed by atoms with Gasteiger partial charge in [0.05, 0.1) is 12.3 Å². The van der Waals surface area contributed by atoms with Crippen LogP contribution in [-0.2, 0) is 6.61 Å². The van der Waals surface area contributed by atoms with E-state index in [1.165, 1.54) is 0 Å². The first-order valence-electron chi connectivity index (χ1n) is 5.68. The van der Waals surface area contributed by atoms with Gasteiger partial charge in [0, 0.05) is 11.3 Å². The van der Waals surface area contributed by atoms with Gasteiger partial charge in [-0.3, -0.25) is 0 Å². The molecule has 0 spiro atoms. The van der Waals surface area contributed by atoms with Crippen LogP contribution in [0, 0.1) is 0 Å². The fourth-order valence-corrected chi connectivity index (χ4v) is 1.92. The Balaban J connectivity index is 2.59. The molecule has 17 heavy (non-hydrogen) atoms. The minimum absolute atomic E-state index is 0.000470. The molecule has 0 saturated carbocycles. The van der Waals surface area contributed by atoms with Crippen molar-refractivity contribution in [2.24, 2.45) is 0 Å². The van der Waals surface area contributed by atoms with Gasteiger partial charge in [-0.25, -0.2) is 4.98 Å². The number of imidazole rings is 1. The first kappa shape index (κ1) is 11.7. The second-order valence-corrected chi connectivity index (χ2v) is 4.35. The highest BCUT2D eigenvalue weighted by atomic mass is 16.3. The van der Waals surface area contributed by atoms with Gasteiger partial charge in [0.25, 0.3) is 0 Å². The van der Waals surface area contributed by atoms with Crippen LogP contribution in [0.25, 0.3) is 11.3 Å². The van der Waals surface area contributed by atoms with Crippen LogP contribution in [0.1, 0.15) is 31.0 Å². The fourth-order valence-electron chi connectivity index (χ4n) is 1.92. The molecule has 2 aromatic rings. The lowest BCUT2D eigenvalue weighted by Gasteiger charge is -2.09. The number of nitrogens with zero attached hydrogens (tertiary/aromatic N) is 1. The lowest BCUT2D eigenvalue weighted by molar-refractivity contribution is 0.282. The Morgan fingerprint density at radius 1 is 1.35 bits per heavy atom. The number of nitrogens with two attached hydrogens (primary N) is 1. The van der Waals surface area contributed by atoms with Crippen LogP contribution < -0.4 is 5.73 Å². The van der Waals surface area contributed by atoms with Gasteiger partial charge in [-0.05, 0) is 11.5 Å². The van der Waals surface area contributed by atoms with E-state index >= 15 is 0 Å². The molecule has 4 nitrogen and oxygen atoms in total. The Bertz CT molecular complexity index is 517. The number of nitrogen functional groups attached to an aromatic ring is 1. The summed E-state index contributed by atoms with van der Waals surface area (Å²) in [7, 11) is 0. The number of hydrogen-bond acceptors (Lipinski definition) is 3. The van der Waals surface area contributed by atoms with E-state index in [0.29, 0.717) is 11.9 Å². The Kier molecular flexibility index (Phi) is 3.15. The summed E-state index contributed by atoms with van der Waals surface area (Å²) in [5, 5.41) is 9.35. The zero-order valence-corrected chi connectivity index (χ0v) is 10.1. The maximum absolute atomic E-state index is 9.35. The number of aromatic amines is 1. The summed E-state index contributed by atoms with van der Waals surface area (Å²) in [5.74, 6) is 0.720. The van der Waals surface area contributed by atoms with Crippen LogP contribution in [-0.4, -0.2) is 15.1 Å². The zero-order chi connectivity index (χ0) is 12.4. The van der Waals surface area contributed by atoms with Gasteiger partial charge in [-0.1, -0.05) is 38.1 Å². The highest BCUT2D eigenvalue weighted by molar-refractivity contribution is 5.68. The van der Waals surface area contributed by atoms with E-state index < -0.39 is 0 Å². The van der Waals surface area contributed by atoms with Crippen LogP contribution in [0.2, 0.25) is 0 Å². The number of rotatable bonds is 3. The molecule has 4 N–H and O–H groups in total. The van der Waals surface area contributed by atoms with Crippen LogP contribution in [0.15, 0.2) is 24.3 Å². The average molecular weight is 231 g/mol. The van der Waals surface area contributed by atoms with E-state index in [4.69, 9.17) is 5.73 Å². The normalized spacial score (nSPS) is 11.1. The van der Waals surface area contributed by atoms with Crippen molar-refractivity contribution >= 4 is 5.95 Å². The average Bonchev–Trinajstić information content (AvgIpc) is 2.71. The van der Waals surface area contributed by atoms with E-state index in [1.54, 1.807) is 0 Å². The Labute approximate surface area is 101 Å². The van der Waals surface area contributed by atoms with Crippen LogP contribution >= 0.6 is 0 Å². The van der Waals surface area contributed by atoms with Crippen LogP contribution in [0.4, 0.5) is 5.95 Å². The van der Waals surface area contributed by atoms with Crippen LogP contribution in [0.5, 0.6) is 0 Å². The van der Waals surface area contributed by atoms with Crippen molar-refractivity contribution in [2.45, 2.75) is 26.4 Å². The Morgan fingerprint density at radius 3 is 2.71 bits per heavy atom. The quantitative estimate of drug-likeness (QED) is 0.758. The third-order valence-corrected chi connectivity index (χ3v) is 2.77. The van der Waals surface area contributed by atoms with Crippen molar-refractivity contribution < 1.29 is 5.11 Å². The van der Waals surface area contributed by atoms with Gasteiger partial charge in [0.2, 0.25) is 0 Å². The van der Waals surface area contributed by atoms with Crippen LogP contribution in [0.3, 0.4) is 0 Å². The molecule has 0 fully saturated rings. The third kappa shape index (κ3) is 2.17. The molecule has 0 aliphatic heterocycles. The van der Waals surface area contributed by atoms with Crippen molar-refractivity contribution in [3.8, 4) is 11.3 Å². The zero-order valence-electron chi connectivity index (χ0n) is 10.1. The van der Waals surface area contributed by atoms with Gasteiger partial charge < -0.3 is 15.8 Å². The second-order valence-electron chi connectivity index (χ2n) is 4.35. The predicted octanol–water partition coefficient (Wildman–Crippen LogP) is 2.27. The molecular weight excluding hydrogens is 214 g/mol. The molecule has 0 aliphatic carbocycles. The molecule has 0 atom stereocenters. The van der Waals surface area contributed by atoms with Gasteiger partial charge in [-0.2, -0.15) is 0 Å². The van der Waals surface area contributed by atoms with Crippen molar-refractivity contribution in [1.29, 1.82) is 0 Å². The van der Waals surface area contributed by atoms with Crippen molar-refractivity contribution in [2.75, 3.05) is 5.73 Å². The summed E-state index contributed by atoms with van der Waals surface area (Å²) in [4.78, 5) is 7.40. The number of aliphatic hydroxyl groups is 1. The minimum Gasteiger partial charge on any atom is -0.392 e. The smallest absolute Gasteiger partial charge is 0.198 e. The first-order chi connectivity index (χ1) is 8.13. The number of H-pyrrole nitrogens is 1. The summed E-state index contributed by atoms with van der Waals surface area (Å²) in [6, 6.07) is 7.68. The molecule has 0 aliphatic rings. The third-order valence-electron chi connectivity index (χ3n) is 2.77. The van der Waals surface area contributed by atoms with Gasteiger partial charge >= 0.3 is 0 Å². The number of nitrogens with one attached hydrogen (secondary N) is 1. The van der Waals surface area contributed by atoms with E-state index in [2.05, 4.69) is 23.8 Å². The lowest BCUT2D eigenvalue weighted by Crippen LogP contribution is -1.95. The molecule has 0 unspecified atom stereocenters. The standard InChI is InChI=1S/C13H17N3O/c1-8(2)11-12(16-13(14)15-11)10-6-4-3-5-9(10)7-17/h3-6,8,17H,7H2,1-2H3,(H3,14,15,16). The van der Waals surface area contributed by atoms with Crippen molar-refractivity contribution in [1.82, 2.24) is 9.97 Å². The number of aromatic nitrogens is 2. The van der Waals surface area contributed by atoms with Gasteiger partial charge in [0.1, 0.15) is 0 Å². The maximum atomic E-state index is 9.35. The van der Waals surface area contributed by atoms with E-state index in [0.717, 1.165) is 22.5 Å². The molecule has 1 aromatic heterocycles. The molecule has 1 heterocycles. The molecule has 0 saturated heterocycles. The lowest BCUT2D eigenvalue weighted by atomic mass is 9.99. The molecule has 2 rings (SSSR count). The molecule has 4 heteroatoms. The monoisotopic (exact) mass is 231 g/mol. The second kappa shape index (κ2) is 4.59. The molecule has 1 aromatic carbocycles. The van der Waals surface area contributed by atoms with Crippen molar-refractivity contribution in [3.63, 3.8) is 0 Å². The summed E-state index contributed by atoms with van der Waals surface area (Å²) in [5.41, 5.74) is 9.35. The van der Waals surface area contributed by atoms with E-state index in [9.17, 15) is 5.11 Å². The molecular formula is C13H17N3O. The molecule has 0 radical (unpaired) electrons. The Morgan fingerprint density at radius 2 is 2.06 bits per heavy atom.